The number of carbonyl (C=O) groups is 2. The summed E-state index contributed by atoms with van der Waals surface area (Å²) in [4.78, 5) is 30.4. The average molecular weight is 496 g/mol. The highest BCUT2D eigenvalue weighted by atomic mass is 32.1. The molecular weight excluding hydrogens is 462 g/mol. The van der Waals surface area contributed by atoms with Crippen LogP contribution in [0.3, 0.4) is 0 Å². The van der Waals surface area contributed by atoms with Crippen molar-refractivity contribution in [1.29, 1.82) is 0 Å². The van der Waals surface area contributed by atoms with Gasteiger partial charge in [0.2, 0.25) is 5.91 Å². The minimum Gasteiger partial charge on any atom is -0.497 e. The van der Waals surface area contributed by atoms with Crippen molar-refractivity contribution in [2.24, 2.45) is 5.92 Å². The fourth-order valence-corrected chi connectivity index (χ4v) is 5.31. The number of amides is 2. The van der Waals surface area contributed by atoms with Crippen molar-refractivity contribution in [1.82, 2.24) is 15.6 Å². The fraction of sp³-hybridized carbons (Fsp3) is 0.423. The van der Waals surface area contributed by atoms with Crippen LogP contribution in [0.4, 0.5) is 10.8 Å². The minimum atomic E-state index is -0.575. The van der Waals surface area contributed by atoms with E-state index in [1.54, 1.807) is 25.3 Å². The molecule has 1 aliphatic rings. The van der Waals surface area contributed by atoms with Gasteiger partial charge in [-0.05, 0) is 54.8 Å². The zero-order valence-electron chi connectivity index (χ0n) is 20.0. The van der Waals surface area contributed by atoms with Gasteiger partial charge in [0.15, 0.2) is 5.13 Å². The highest BCUT2D eigenvalue weighted by molar-refractivity contribution is 7.22. The molecule has 8 nitrogen and oxygen atoms in total. The van der Waals surface area contributed by atoms with Crippen LogP contribution < -0.4 is 26.4 Å². The molecule has 4 rings (SSSR count). The van der Waals surface area contributed by atoms with Gasteiger partial charge in [-0.25, -0.2) is 4.98 Å². The lowest BCUT2D eigenvalue weighted by Gasteiger charge is -2.26. The predicted octanol–water partition coefficient (Wildman–Crippen LogP) is 4.18. The number of anilines is 2. The third-order valence-corrected chi connectivity index (χ3v) is 7.27. The Bertz CT molecular complexity index is 1140. The summed E-state index contributed by atoms with van der Waals surface area (Å²) in [6, 6.07) is 12.4. The molecule has 186 valence electrons. The number of fused-ring (bicyclic) bond motifs is 1. The molecule has 3 aromatic rings. The van der Waals surface area contributed by atoms with Gasteiger partial charge in [-0.1, -0.05) is 43.4 Å². The summed E-state index contributed by atoms with van der Waals surface area (Å²) in [6.45, 7) is 1.03. The Hall–Kier alpha value is -3.33. The molecule has 0 saturated heterocycles. The number of methoxy groups -OCH3 is 1. The van der Waals surface area contributed by atoms with Crippen LogP contribution in [0.1, 0.15) is 48.9 Å². The monoisotopic (exact) mass is 495 g/mol. The maximum atomic E-state index is 13.1. The van der Waals surface area contributed by atoms with Crippen LogP contribution in [0.25, 0.3) is 10.2 Å². The number of nitrogens with two attached hydrogens (primary N) is 1. The maximum absolute atomic E-state index is 13.1. The first kappa shape index (κ1) is 24.8. The molecule has 1 aromatic heterocycles. The molecule has 0 bridgehead atoms. The van der Waals surface area contributed by atoms with E-state index >= 15 is 0 Å². The minimum absolute atomic E-state index is 0.149. The highest BCUT2D eigenvalue weighted by Crippen LogP contribution is 2.28. The molecule has 2 aromatic carbocycles. The van der Waals surface area contributed by atoms with Crippen LogP contribution in [0.15, 0.2) is 42.5 Å². The summed E-state index contributed by atoms with van der Waals surface area (Å²) in [5.74, 6) is 0.832. The number of nitrogen functional groups attached to an aromatic ring is 1. The van der Waals surface area contributed by atoms with Crippen molar-refractivity contribution in [3.63, 3.8) is 0 Å². The van der Waals surface area contributed by atoms with Crippen LogP contribution in [0.2, 0.25) is 0 Å². The van der Waals surface area contributed by atoms with Crippen molar-refractivity contribution >= 4 is 44.2 Å². The zero-order chi connectivity index (χ0) is 24.6. The summed E-state index contributed by atoms with van der Waals surface area (Å²) in [5, 5.41) is 9.73. The number of nitrogens with one attached hydrogen (secondary N) is 3. The van der Waals surface area contributed by atoms with Crippen LogP contribution in [0, 0.1) is 5.92 Å². The maximum Gasteiger partial charge on any atom is 0.251 e. The molecule has 0 unspecified atom stereocenters. The van der Waals surface area contributed by atoms with E-state index in [1.165, 1.54) is 30.6 Å². The number of aromatic nitrogens is 1. The molecular formula is C26H33N5O3S. The van der Waals surface area contributed by atoms with Gasteiger partial charge in [-0.2, -0.15) is 0 Å². The van der Waals surface area contributed by atoms with Crippen LogP contribution in [-0.2, 0) is 4.79 Å². The quantitative estimate of drug-likeness (QED) is 0.313. The second-order valence-electron chi connectivity index (χ2n) is 8.95. The van der Waals surface area contributed by atoms with Gasteiger partial charge in [0.05, 0.1) is 17.3 Å². The number of ether oxygens (including phenoxy) is 1. The molecule has 1 fully saturated rings. The smallest absolute Gasteiger partial charge is 0.251 e. The van der Waals surface area contributed by atoms with E-state index in [4.69, 9.17) is 10.5 Å². The number of hydrogen-bond donors (Lipinski definition) is 4. The molecule has 2 amide bonds. The topological polar surface area (TPSA) is 118 Å². The number of thiazole rings is 1. The Kier molecular flexibility index (Phi) is 8.41. The highest BCUT2D eigenvalue weighted by Gasteiger charge is 2.26. The lowest BCUT2D eigenvalue weighted by molar-refractivity contribution is -0.123. The normalized spacial score (nSPS) is 14.9. The van der Waals surface area contributed by atoms with Gasteiger partial charge in [0, 0.05) is 24.3 Å². The van der Waals surface area contributed by atoms with Gasteiger partial charge in [0.1, 0.15) is 11.8 Å². The Morgan fingerprint density at radius 1 is 1.11 bits per heavy atom. The van der Waals surface area contributed by atoms with E-state index in [9.17, 15) is 9.59 Å². The summed E-state index contributed by atoms with van der Waals surface area (Å²) >= 11 is 1.34. The lowest BCUT2D eigenvalue weighted by atomic mass is 9.84. The third kappa shape index (κ3) is 6.85. The summed E-state index contributed by atoms with van der Waals surface area (Å²) in [5.41, 5.74) is 8.01. The average Bonchev–Trinajstić information content (AvgIpc) is 3.26. The van der Waals surface area contributed by atoms with Gasteiger partial charge in [0.25, 0.3) is 5.91 Å². The molecule has 0 radical (unpaired) electrons. The second kappa shape index (κ2) is 11.9. The SMILES string of the molecule is COc1ccc(NCCNC(=O)[C@H](CC2CCCCC2)NC(=O)c2ccc3nc(N)sc3c2)cc1. The van der Waals surface area contributed by atoms with Crippen LogP contribution in [0.5, 0.6) is 5.75 Å². The number of nitrogens with zero attached hydrogens (tertiary/aromatic N) is 1. The Morgan fingerprint density at radius 3 is 2.63 bits per heavy atom. The van der Waals surface area contributed by atoms with E-state index < -0.39 is 6.04 Å². The van der Waals surface area contributed by atoms with E-state index in [-0.39, 0.29) is 11.8 Å². The van der Waals surface area contributed by atoms with Crippen molar-refractivity contribution in [2.75, 3.05) is 31.2 Å². The summed E-state index contributed by atoms with van der Waals surface area (Å²) in [6.07, 6.45) is 6.47. The molecule has 1 aliphatic carbocycles. The lowest BCUT2D eigenvalue weighted by Crippen LogP contribution is -2.48. The van der Waals surface area contributed by atoms with Crippen molar-refractivity contribution < 1.29 is 14.3 Å². The molecule has 0 aliphatic heterocycles. The van der Waals surface area contributed by atoms with Gasteiger partial charge in [-0.15, -0.1) is 0 Å². The first-order chi connectivity index (χ1) is 17.0. The summed E-state index contributed by atoms with van der Waals surface area (Å²) in [7, 11) is 1.63. The molecule has 35 heavy (non-hydrogen) atoms. The van der Waals surface area contributed by atoms with E-state index in [0.29, 0.717) is 36.1 Å². The van der Waals surface area contributed by atoms with Gasteiger partial charge in [-0.3, -0.25) is 9.59 Å². The molecule has 5 N–H and O–H groups in total. The Labute approximate surface area is 209 Å². The number of hydrogen-bond acceptors (Lipinski definition) is 7. The van der Waals surface area contributed by atoms with Crippen LogP contribution in [-0.4, -0.2) is 43.0 Å². The zero-order valence-corrected chi connectivity index (χ0v) is 20.8. The second-order valence-corrected chi connectivity index (χ2v) is 10.0. The van der Waals surface area contributed by atoms with Gasteiger partial charge >= 0.3 is 0 Å². The first-order valence-corrected chi connectivity index (χ1v) is 13.0. The van der Waals surface area contributed by atoms with Gasteiger partial charge < -0.3 is 26.4 Å². The third-order valence-electron chi connectivity index (χ3n) is 6.43. The van der Waals surface area contributed by atoms with Crippen molar-refractivity contribution in [3.05, 3.63) is 48.0 Å². The summed E-state index contributed by atoms with van der Waals surface area (Å²) < 4.78 is 6.03. The Morgan fingerprint density at radius 2 is 1.89 bits per heavy atom. The predicted molar refractivity (Wildman–Crippen MR) is 141 cm³/mol. The Balaban J connectivity index is 1.35. The molecule has 1 saturated carbocycles. The number of carbonyl (C=O) groups excluding carboxylic acids is 2. The number of benzene rings is 2. The van der Waals surface area contributed by atoms with E-state index in [2.05, 4.69) is 20.9 Å². The van der Waals surface area contributed by atoms with Crippen molar-refractivity contribution in [2.45, 2.75) is 44.6 Å². The van der Waals surface area contributed by atoms with E-state index in [1.807, 2.05) is 24.3 Å². The molecule has 1 heterocycles. The van der Waals surface area contributed by atoms with E-state index in [0.717, 1.165) is 34.5 Å². The molecule has 1 atom stereocenters. The fourth-order valence-electron chi connectivity index (χ4n) is 4.54. The van der Waals surface area contributed by atoms with Crippen LogP contribution >= 0.6 is 11.3 Å². The van der Waals surface area contributed by atoms with Crippen molar-refractivity contribution in [3.8, 4) is 5.75 Å². The number of rotatable bonds is 10. The standard InChI is InChI=1S/C26H33N5O3S/c1-34-20-10-8-19(9-11-20)28-13-14-29-25(33)22(15-17-5-3-2-4-6-17)30-24(32)18-7-12-21-23(16-18)35-26(27)31-21/h7-12,16-17,22,28H,2-6,13-15H2,1H3,(H2,27,31)(H,29,33)(H,30,32)/t22-/m0/s1. The largest absolute Gasteiger partial charge is 0.497 e. The first-order valence-electron chi connectivity index (χ1n) is 12.1. The molecule has 9 heteroatoms. The molecule has 0 spiro atoms.